The van der Waals surface area contributed by atoms with Crippen LogP contribution in [0.4, 0.5) is 5.69 Å². The minimum Gasteiger partial charge on any atom is -0.377 e. The number of hydrogen-bond acceptors (Lipinski definition) is 5. The molecule has 0 radical (unpaired) electrons. The molecule has 0 atom stereocenters. The van der Waals surface area contributed by atoms with Crippen LogP contribution in [-0.4, -0.2) is 41.1 Å². The first-order valence-corrected chi connectivity index (χ1v) is 5.87. The van der Waals surface area contributed by atoms with Crippen molar-refractivity contribution in [2.45, 2.75) is 19.4 Å². The summed E-state index contributed by atoms with van der Waals surface area (Å²) in [4.78, 5) is 18.3. The summed E-state index contributed by atoms with van der Waals surface area (Å²) in [7, 11) is 0. The van der Waals surface area contributed by atoms with Crippen molar-refractivity contribution in [3.05, 3.63) is 24.0 Å². The van der Waals surface area contributed by atoms with Gasteiger partial charge in [-0.2, -0.15) is 0 Å². The number of nitrogens with zero attached hydrogens (tertiary/aromatic N) is 2. The lowest BCUT2D eigenvalue weighted by molar-refractivity contribution is -0.0373. The fourth-order valence-electron chi connectivity index (χ4n) is 1.98. The highest BCUT2D eigenvalue weighted by atomic mass is 16.5. The number of ether oxygens (including phenoxy) is 1. The highest BCUT2D eigenvalue weighted by Crippen LogP contribution is 2.21. The first-order chi connectivity index (χ1) is 8.54. The second-order valence-electron chi connectivity index (χ2n) is 4.90. The molecule has 3 N–H and O–H groups in total. The van der Waals surface area contributed by atoms with Crippen LogP contribution in [0.1, 0.15) is 24.3 Å². The van der Waals surface area contributed by atoms with E-state index in [9.17, 15) is 4.79 Å². The molecule has 6 nitrogen and oxygen atoms in total. The number of nitrogens with two attached hydrogens (primary N) is 1. The number of carbonyl (C=O) groups is 1. The van der Waals surface area contributed by atoms with E-state index < -0.39 is 0 Å². The summed E-state index contributed by atoms with van der Waals surface area (Å²) < 4.78 is 5.40. The largest absolute Gasteiger partial charge is 0.377 e. The second kappa shape index (κ2) is 4.91. The molecule has 98 valence electrons. The molecular weight excluding hydrogens is 232 g/mol. The van der Waals surface area contributed by atoms with E-state index in [-0.39, 0.29) is 11.4 Å². The van der Waals surface area contributed by atoms with Gasteiger partial charge in [0.25, 0.3) is 5.91 Å². The zero-order valence-electron chi connectivity index (χ0n) is 10.6. The van der Waals surface area contributed by atoms with Gasteiger partial charge in [-0.25, -0.2) is 4.98 Å². The number of nitrogen functional groups attached to an aromatic ring is 1. The highest BCUT2D eigenvalue weighted by molar-refractivity contribution is 5.93. The number of morpholine rings is 1. The Morgan fingerprint density at radius 1 is 1.56 bits per heavy atom. The van der Waals surface area contributed by atoms with Gasteiger partial charge in [-0.1, -0.05) is 0 Å². The molecule has 2 rings (SSSR count). The van der Waals surface area contributed by atoms with Crippen molar-refractivity contribution in [2.75, 3.05) is 25.2 Å². The van der Waals surface area contributed by atoms with Crippen molar-refractivity contribution >= 4 is 11.6 Å². The molecular formula is C12H18N4O2. The van der Waals surface area contributed by atoms with Gasteiger partial charge in [0.2, 0.25) is 0 Å². The average Bonchev–Trinajstić information content (AvgIpc) is 2.37. The third kappa shape index (κ3) is 2.44. The number of anilines is 1. The van der Waals surface area contributed by atoms with Crippen LogP contribution in [0.2, 0.25) is 0 Å². The minimum absolute atomic E-state index is 0.0770. The van der Waals surface area contributed by atoms with Crippen molar-refractivity contribution in [2.24, 2.45) is 5.84 Å². The number of nitrogens with one attached hydrogen (secondary N) is 1. The summed E-state index contributed by atoms with van der Waals surface area (Å²) >= 11 is 0. The van der Waals surface area contributed by atoms with Crippen LogP contribution >= 0.6 is 0 Å². The number of amides is 1. The van der Waals surface area contributed by atoms with Gasteiger partial charge in [0.05, 0.1) is 30.6 Å². The Labute approximate surface area is 106 Å². The molecule has 1 amide bonds. The average molecular weight is 250 g/mol. The molecule has 1 fully saturated rings. The van der Waals surface area contributed by atoms with Crippen LogP contribution in [0.3, 0.4) is 0 Å². The van der Waals surface area contributed by atoms with Gasteiger partial charge in [-0.15, -0.1) is 0 Å². The lowest BCUT2D eigenvalue weighted by Gasteiger charge is -2.41. The molecule has 0 aromatic carbocycles. The van der Waals surface area contributed by atoms with Gasteiger partial charge in [-0.3, -0.25) is 10.6 Å². The third-order valence-corrected chi connectivity index (χ3v) is 3.04. The highest BCUT2D eigenvalue weighted by Gasteiger charge is 2.34. The topological polar surface area (TPSA) is 80.5 Å². The zero-order chi connectivity index (χ0) is 13.2. The van der Waals surface area contributed by atoms with Gasteiger partial charge in [-0.05, 0) is 26.0 Å². The molecule has 0 spiro atoms. The molecule has 0 unspecified atom stereocenters. The van der Waals surface area contributed by atoms with E-state index in [1.165, 1.54) is 0 Å². The molecule has 1 aromatic heterocycles. The molecule has 1 saturated heterocycles. The Balaban J connectivity index is 2.19. The van der Waals surface area contributed by atoms with Crippen LogP contribution in [0.5, 0.6) is 0 Å². The molecule has 0 saturated carbocycles. The molecule has 1 aromatic rings. The van der Waals surface area contributed by atoms with Crippen LogP contribution in [0.25, 0.3) is 0 Å². The fourth-order valence-corrected chi connectivity index (χ4v) is 1.98. The van der Waals surface area contributed by atoms with E-state index in [1.54, 1.807) is 23.2 Å². The van der Waals surface area contributed by atoms with Crippen molar-refractivity contribution in [1.29, 1.82) is 0 Å². The molecule has 2 heterocycles. The summed E-state index contributed by atoms with van der Waals surface area (Å²) in [5.74, 6) is 5.18. The van der Waals surface area contributed by atoms with E-state index in [2.05, 4.69) is 10.4 Å². The fraction of sp³-hybridized carbons (Fsp3) is 0.500. The van der Waals surface area contributed by atoms with Gasteiger partial charge < -0.3 is 15.1 Å². The number of hydrogen-bond donors (Lipinski definition) is 2. The van der Waals surface area contributed by atoms with Crippen LogP contribution in [-0.2, 0) is 4.74 Å². The van der Waals surface area contributed by atoms with Gasteiger partial charge >= 0.3 is 0 Å². The molecule has 6 heteroatoms. The van der Waals surface area contributed by atoms with Gasteiger partial charge in [0, 0.05) is 6.54 Å². The summed E-state index contributed by atoms with van der Waals surface area (Å²) in [6.45, 7) is 5.67. The van der Waals surface area contributed by atoms with Crippen molar-refractivity contribution in [3.8, 4) is 0 Å². The van der Waals surface area contributed by atoms with E-state index in [1.807, 2.05) is 13.8 Å². The van der Waals surface area contributed by atoms with Crippen LogP contribution in [0.15, 0.2) is 18.3 Å². The summed E-state index contributed by atoms with van der Waals surface area (Å²) in [6.07, 6.45) is 1.54. The normalized spacial score (nSPS) is 18.5. The summed E-state index contributed by atoms with van der Waals surface area (Å²) in [5, 5.41) is 0. The first kappa shape index (κ1) is 12.8. The Hall–Kier alpha value is -1.66. The van der Waals surface area contributed by atoms with Gasteiger partial charge in [0.15, 0.2) is 0 Å². The predicted molar refractivity (Wildman–Crippen MR) is 68.0 cm³/mol. The lowest BCUT2D eigenvalue weighted by atomic mass is 10.0. The molecule has 1 aliphatic rings. The summed E-state index contributed by atoms with van der Waals surface area (Å²) in [5.41, 5.74) is 3.27. The Bertz CT molecular complexity index is 430. The van der Waals surface area contributed by atoms with Crippen molar-refractivity contribution in [3.63, 3.8) is 0 Å². The summed E-state index contributed by atoms with van der Waals surface area (Å²) in [6, 6.07) is 3.40. The first-order valence-electron chi connectivity index (χ1n) is 5.87. The standard InChI is InChI=1S/C12H18N4O2/c1-12(2)8-18-6-5-16(12)11(17)10-4-3-9(15-13)7-14-10/h3-4,7,15H,5-6,8,13H2,1-2H3. The van der Waals surface area contributed by atoms with Crippen LogP contribution in [0, 0.1) is 0 Å². The van der Waals surface area contributed by atoms with Crippen LogP contribution < -0.4 is 11.3 Å². The quantitative estimate of drug-likeness (QED) is 0.594. The molecule has 18 heavy (non-hydrogen) atoms. The number of carbonyl (C=O) groups excluding carboxylic acids is 1. The van der Waals surface area contributed by atoms with E-state index in [4.69, 9.17) is 10.6 Å². The number of aromatic nitrogens is 1. The number of hydrazine groups is 1. The zero-order valence-corrected chi connectivity index (χ0v) is 10.6. The molecule has 0 bridgehead atoms. The minimum atomic E-state index is -0.304. The lowest BCUT2D eigenvalue weighted by Crippen LogP contribution is -2.55. The number of rotatable bonds is 2. The maximum absolute atomic E-state index is 12.4. The Morgan fingerprint density at radius 2 is 2.33 bits per heavy atom. The monoisotopic (exact) mass is 250 g/mol. The maximum Gasteiger partial charge on any atom is 0.273 e. The van der Waals surface area contributed by atoms with E-state index in [0.717, 1.165) is 0 Å². The molecule has 0 aliphatic carbocycles. The maximum atomic E-state index is 12.4. The Kier molecular flexibility index (Phi) is 3.49. The van der Waals surface area contributed by atoms with Crippen molar-refractivity contribution in [1.82, 2.24) is 9.88 Å². The Morgan fingerprint density at radius 3 is 2.89 bits per heavy atom. The smallest absolute Gasteiger partial charge is 0.273 e. The molecule has 1 aliphatic heterocycles. The number of pyridine rings is 1. The van der Waals surface area contributed by atoms with E-state index in [0.29, 0.717) is 31.1 Å². The van der Waals surface area contributed by atoms with Crippen molar-refractivity contribution < 1.29 is 9.53 Å². The van der Waals surface area contributed by atoms with Gasteiger partial charge in [0.1, 0.15) is 5.69 Å². The second-order valence-corrected chi connectivity index (χ2v) is 4.90. The third-order valence-electron chi connectivity index (χ3n) is 3.04. The SMILES string of the molecule is CC1(C)COCCN1C(=O)c1ccc(NN)cn1. The van der Waals surface area contributed by atoms with E-state index >= 15 is 0 Å². The predicted octanol–water partition coefficient (Wildman–Crippen LogP) is 0.618.